The Balaban J connectivity index is 1.68. The Morgan fingerprint density at radius 1 is 0.833 bits per heavy atom. The Bertz CT molecular complexity index is 1700. The molecule has 1 aromatic heterocycles. The zero-order valence-corrected chi connectivity index (χ0v) is 21.3. The van der Waals surface area contributed by atoms with Gasteiger partial charge in [0.2, 0.25) is 0 Å². The number of aromatic hydroxyl groups is 6. The molecule has 1 saturated heterocycles. The minimum absolute atomic E-state index is 0.0718. The first-order valence-electron chi connectivity index (χ1n) is 12.3. The molecule has 0 bridgehead atoms. The van der Waals surface area contributed by atoms with Crippen LogP contribution in [0, 0.1) is 0 Å². The number of aliphatic hydroxyl groups excluding tert-OH is 3. The van der Waals surface area contributed by atoms with Crippen molar-refractivity contribution in [2.24, 2.45) is 0 Å². The molecule has 0 saturated carbocycles. The van der Waals surface area contributed by atoms with E-state index in [0.717, 1.165) is 24.3 Å². The molecule has 1 aliphatic heterocycles. The molecule has 42 heavy (non-hydrogen) atoms. The average Bonchev–Trinajstić information content (AvgIpc) is 2.94. The van der Waals surface area contributed by atoms with Crippen molar-refractivity contribution in [3.63, 3.8) is 0 Å². The van der Waals surface area contributed by atoms with E-state index in [1.807, 2.05) is 0 Å². The highest BCUT2D eigenvalue weighted by Gasteiger charge is 2.49. The van der Waals surface area contributed by atoms with E-state index in [4.69, 9.17) is 13.9 Å². The number of rotatable bonds is 5. The fraction of sp³-hybridized carbons (Fsp3) is 0.214. The second kappa shape index (κ2) is 10.8. The van der Waals surface area contributed by atoms with Crippen LogP contribution in [0.4, 0.5) is 0 Å². The molecule has 1 aliphatic rings. The SMILES string of the molecule is O=C(O[C@@H]1[C@@H](O)[C@H](O)[C@@H](CO)O[C@@H]1c1c(O)cc(O)c2c(=O)cc(-c3ccc(O)cc3)oc12)c1cc(O)c(O)c(O)c1. The number of benzene rings is 3. The van der Waals surface area contributed by atoms with Gasteiger partial charge >= 0.3 is 5.97 Å². The highest BCUT2D eigenvalue weighted by Crippen LogP contribution is 2.45. The lowest BCUT2D eigenvalue weighted by Crippen LogP contribution is -2.56. The molecule has 14 heteroatoms. The lowest BCUT2D eigenvalue weighted by atomic mass is 9.89. The second-order valence-electron chi connectivity index (χ2n) is 9.55. The van der Waals surface area contributed by atoms with Gasteiger partial charge in [-0.3, -0.25) is 4.79 Å². The summed E-state index contributed by atoms with van der Waals surface area (Å²) in [5.41, 5.74) is -1.80. The monoisotopic (exact) mass is 584 g/mol. The van der Waals surface area contributed by atoms with Crippen LogP contribution in [0.15, 0.2) is 57.7 Å². The van der Waals surface area contributed by atoms with Crippen LogP contribution in [0.2, 0.25) is 0 Å². The van der Waals surface area contributed by atoms with Crippen LogP contribution in [0.3, 0.4) is 0 Å². The number of ether oxygens (including phenoxy) is 2. The fourth-order valence-electron chi connectivity index (χ4n) is 4.73. The molecule has 4 aromatic rings. The van der Waals surface area contributed by atoms with E-state index in [-0.39, 0.29) is 11.5 Å². The number of carbonyl (C=O) groups excluding carboxylic acids is 1. The maximum Gasteiger partial charge on any atom is 0.338 e. The number of phenols is 6. The Morgan fingerprint density at radius 2 is 1.48 bits per heavy atom. The Kier molecular flexibility index (Phi) is 7.30. The summed E-state index contributed by atoms with van der Waals surface area (Å²) in [5.74, 6) is -5.51. The molecule has 0 unspecified atom stereocenters. The normalized spacial score (nSPS) is 22.2. The molecule has 0 radical (unpaired) electrons. The Hall–Kier alpha value is -5.02. The summed E-state index contributed by atoms with van der Waals surface area (Å²) < 4.78 is 17.0. The Morgan fingerprint density at radius 3 is 2.10 bits per heavy atom. The van der Waals surface area contributed by atoms with Crippen molar-refractivity contribution in [1.82, 2.24) is 0 Å². The number of aliphatic hydroxyl groups is 3. The summed E-state index contributed by atoms with van der Waals surface area (Å²) in [6, 6.07) is 8.84. The smallest absolute Gasteiger partial charge is 0.338 e. The summed E-state index contributed by atoms with van der Waals surface area (Å²) >= 11 is 0. The van der Waals surface area contributed by atoms with Gasteiger partial charge in [-0.05, 0) is 36.4 Å². The van der Waals surface area contributed by atoms with Crippen molar-refractivity contribution in [2.45, 2.75) is 30.5 Å². The van der Waals surface area contributed by atoms with Gasteiger partial charge in [0.25, 0.3) is 0 Å². The van der Waals surface area contributed by atoms with Gasteiger partial charge in [0.05, 0.1) is 17.7 Å². The number of hydrogen-bond acceptors (Lipinski definition) is 14. The molecule has 220 valence electrons. The highest BCUT2D eigenvalue weighted by molar-refractivity contribution is 5.92. The van der Waals surface area contributed by atoms with E-state index >= 15 is 0 Å². The van der Waals surface area contributed by atoms with Gasteiger partial charge in [0.1, 0.15) is 52.8 Å². The first-order valence-corrected chi connectivity index (χ1v) is 12.3. The quantitative estimate of drug-likeness (QED) is 0.118. The van der Waals surface area contributed by atoms with Crippen LogP contribution in [0.1, 0.15) is 22.0 Å². The highest BCUT2D eigenvalue weighted by atomic mass is 16.6. The van der Waals surface area contributed by atoms with E-state index < -0.39 is 99.4 Å². The van der Waals surface area contributed by atoms with E-state index in [0.29, 0.717) is 5.56 Å². The van der Waals surface area contributed by atoms with E-state index in [1.165, 1.54) is 24.3 Å². The minimum Gasteiger partial charge on any atom is -0.508 e. The van der Waals surface area contributed by atoms with Crippen molar-refractivity contribution >= 4 is 16.9 Å². The number of carbonyl (C=O) groups is 1. The first-order chi connectivity index (χ1) is 19.9. The van der Waals surface area contributed by atoms with Gasteiger partial charge in [-0.2, -0.15) is 0 Å². The van der Waals surface area contributed by atoms with Crippen LogP contribution in [-0.2, 0) is 9.47 Å². The molecule has 9 N–H and O–H groups in total. The molecule has 0 amide bonds. The lowest BCUT2D eigenvalue weighted by Gasteiger charge is -2.42. The summed E-state index contributed by atoms with van der Waals surface area (Å²) in [6.45, 7) is -0.839. The molecule has 0 aliphatic carbocycles. The zero-order valence-electron chi connectivity index (χ0n) is 21.3. The predicted molar refractivity (Wildman–Crippen MR) is 140 cm³/mol. The van der Waals surface area contributed by atoms with Crippen molar-refractivity contribution in [1.29, 1.82) is 0 Å². The molecular formula is C28H24O14. The van der Waals surface area contributed by atoms with Crippen LogP contribution in [0.25, 0.3) is 22.3 Å². The third kappa shape index (κ3) is 4.88. The van der Waals surface area contributed by atoms with Crippen molar-refractivity contribution < 1.29 is 64.6 Å². The maximum absolute atomic E-state index is 13.1. The third-order valence-electron chi connectivity index (χ3n) is 6.85. The third-order valence-corrected chi connectivity index (χ3v) is 6.85. The zero-order chi connectivity index (χ0) is 30.5. The molecule has 5 rings (SSSR count). The van der Waals surface area contributed by atoms with E-state index in [2.05, 4.69) is 0 Å². The number of phenolic OH excluding ortho intramolecular Hbond substituents is 6. The van der Waals surface area contributed by atoms with Crippen molar-refractivity contribution in [3.05, 3.63) is 69.9 Å². The van der Waals surface area contributed by atoms with Gasteiger partial charge in [0, 0.05) is 17.7 Å². The van der Waals surface area contributed by atoms with E-state index in [1.54, 1.807) is 0 Å². The molecule has 2 heterocycles. The molecule has 0 spiro atoms. The summed E-state index contributed by atoms with van der Waals surface area (Å²) in [7, 11) is 0. The van der Waals surface area contributed by atoms with Crippen LogP contribution in [-0.4, -0.2) is 83.0 Å². The molecule has 14 nitrogen and oxygen atoms in total. The van der Waals surface area contributed by atoms with E-state index in [9.17, 15) is 55.5 Å². The standard InChI is InChI=1S/C28H24O14/c29-9-19-23(37)24(38)27(42-28(39)11-5-16(34)22(36)17(35)6-11)26(41-19)21-14(32)7-13(31)20-15(33)8-18(40-25(20)21)10-1-3-12(30)4-2-10/h1-8,19,23-24,26-27,29-32,34-38H,9H2/t19-,23-,24+,26-,27-/m1/s1. The summed E-state index contributed by atoms with van der Waals surface area (Å²) in [5, 5.41) is 91.1. The number of hydrogen-bond donors (Lipinski definition) is 9. The van der Waals surface area contributed by atoms with Gasteiger partial charge in [0.15, 0.2) is 34.4 Å². The Labute approximate surface area is 234 Å². The predicted octanol–water partition coefficient (Wildman–Crippen LogP) is 1.07. The fourth-order valence-corrected chi connectivity index (χ4v) is 4.73. The molecular weight excluding hydrogens is 560 g/mol. The van der Waals surface area contributed by atoms with Crippen LogP contribution in [0.5, 0.6) is 34.5 Å². The van der Waals surface area contributed by atoms with Gasteiger partial charge in [-0.1, -0.05) is 0 Å². The number of fused-ring (bicyclic) bond motifs is 1. The van der Waals surface area contributed by atoms with Crippen molar-refractivity contribution in [2.75, 3.05) is 6.61 Å². The molecule has 1 fully saturated rings. The first kappa shape index (κ1) is 28.5. The molecule has 3 aromatic carbocycles. The summed E-state index contributed by atoms with van der Waals surface area (Å²) in [6.07, 6.45) is -8.91. The average molecular weight is 584 g/mol. The molecule has 5 atom stereocenters. The topological polar surface area (TPSA) is 248 Å². The van der Waals surface area contributed by atoms with Crippen LogP contribution >= 0.6 is 0 Å². The minimum atomic E-state index is -1.97. The second-order valence-corrected chi connectivity index (χ2v) is 9.55. The van der Waals surface area contributed by atoms with Crippen LogP contribution < -0.4 is 5.43 Å². The lowest BCUT2D eigenvalue weighted by molar-refractivity contribution is -0.231. The van der Waals surface area contributed by atoms with Crippen molar-refractivity contribution in [3.8, 4) is 45.8 Å². The summed E-state index contributed by atoms with van der Waals surface area (Å²) in [4.78, 5) is 26.1. The van der Waals surface area contributed by atoms with Gasteiger partial charge < -0.3 is 59.8 Å². The largest absolute Gasteiger partial charge is 0.508 e. The maximum atomic E-state index is 13.1. The number of esters is 1. The van der Waals surface area contributed by atoms with Gasteiger partial charge in [-0.15, -0.1) is 0 Å². The van der Waals surface area contributed by atoms with Gasteiger partial charge in [-0.25, -0.2) is 4.79 Å².